The zero-order valence-electron chi connectivity index (χ0n) is 13.8. The van der Waals surface area contributed by atoms with Gasteiger partial charge in [0.15, 0.2) is 11.5 Å². The maximum atomic E-state index is 13.4. The van der Waals surface area contributed by atoms with Gasteiger partial charge in [-0.05, 0) is 32.9 Å². The summed E-state index contributed by atoms with van der Waals surface area (Å²) in [4.78, 5) is 12.5. The highest BCUT2D eigenvalue weighted by Crippen LogP contribution is 2.27. The largest absolute Gasteiger partial charge is 0.355 e. The Morgan fingerprint density at radius 1 is 1.46 bits per heavy atom. The van der Waals surface area contributed by atoms with Gasteiger partial charge in [-0.15, -0.1) is 0 Å². The lowest BCUT2D eigenvalue weighted by atomic mass is 10.1. The molecule has 1 unspecified atom stereocenters. The molecule has 1 fully saturated rings. The molecule has 1 amide bonds. The zero-order valence-corrected chi connectivity index (χ0v) is 13.8. The van der Waals surface area contributed by atoms with Crippen LogP contribution >= 0.6 is 0 Å². The molecular weight excluding hydrogens is 315 g/mol. The van der Waals surface area contributed by atoms with Crippen molar-refractivity contribution in [1.82, 2.24) is 10.5 Å². The van der Waals surface area contributed by atoms with Crippen molar-refractivity contribution in [2.75, 3.05) is 13.2 Å². The second-order valence-corrected chi connectivity index (χ2v) is 6.14. The molecule has 3 rings (SSSR count). The average molecular weight is 334 g/mol. The van der Waals surface area contributed by atoms with Gasteiger partial charge in [0, 0.05) is 12.1 Å². The number of carbonyl (C=O) groups is 1. The van der Waals surface area contributed by atoms with E-state index in [0.29, 0.717) is 30.0 Å². The fraction of sp³-hybridized carbons (Fsp3) is 0.412. The Hall–Kier alpha value is -2.25. The van der Waals surface area contributed by atoms with Crippen LogP contribution in [0.25, 0.3) is 11.3 Å². The Bertz CT molecular complexity index is 757. The molecule has 0 aliphatic carbocycles. The minimum atomic E-state index is -0.644. The maximum absolute atomic E-state index is 13.4. The third kappa shape index (κ3) is 3.47. The Labute approximate surface area is 138 Å². The molecule has 1 aliphatic rings. The number of benzene rings is 1. The highest BCUT2D eigenvalue weighted by atomic mass is 19.1. The van der Waals surface area contributed by atoms with E-state index >= 15 is 0 Å². The molecule has 1 aromatic carbocycles. The molecular formula is C17H19FN2O4. The van der Waals surface area contributed by atoms with Crippen LogP contribution in [0.1, 0.15) is 29.9 Å². The quantitative estimate of drug-likeness (QED) is 0.930. The fourth-order valence-electron chi connectivity index (χ4n) is 2.62. The fourth-order valence-corrected chi connectivity index (χ4v) is 2.62. The predicted molar refractivity (Wildman–Crippen MR) is 83.9 cm³/mol. The third-order valence-corrected chi connectivity index (χ3v) is 3.73. The molecule has 1 aromatic heterocycles. The lowest BCUT2D eigenvalue weighted by molar-refractivity contribution is -0.137. The number of carbonyl (C=O) groups excluding carboxylic acids is 1. The van der Waals surface area contributed by atoms with Crippen molar-refractivity contribution >= 4 is 5.91 Å². The highest BCUT2D eigenvalue weighted by Gasteiger charge is 2.33. The maximum Gasteiger partial charge on any atom is 0.257 e. The number of halogens is 1. The van der Waals surface area contributed by atoms with Crippen molar-refractivity contribution in [2.24, 2.45) is 0 Å². The van der Waals surface area contributed by atoms with E-state index < -0.39 is 11.6 Å². The molecule has 0 bridgehead atoms. The normalized spacial score (nSPS) is 19.4. The van der Waals surface area contributed by atoms with Crippen molar-refractivity contribution in [3.05, 3.63) is 41.3 Å². The molecule has 1 saturated heterocycles. The van der Waals surface area contributed by atoms with Gasteiger partial charge < -0.3 is 19.3 Å². The summed E-state index contributed by atoms with van der Waals surface area (Å²) < 4.78 is 29.8. The van der Waals surface area contributed by atoms with Crippen molar-refractivity contribution < 1.29 is 23.2 Å². The highest BCUT2D eigenvalue weighted by molar-refractivity contribution is 6.00. The van der Waals surface area contributed by atoms with E-state index in [1.54, 1.807) is 19.1 Å². The number of nitrogens with one attached hydrogen (secondary N) is 1. The first-order valence-electron chi connectivity index (χ1n) is 7.68. The summed E-state index contributed by atoms with van der Waals surface area (Å²) in [5.41, 5.74) is 1.19. The molecule has 1 N–H and O–H groups in total. The molecule has 2 aromatic rings. The van der Waals surface area contributed by atoms with E-state index in [-0.39, 0.29) is 17.8 Å². The Morgan fingerprint density at radius 3 is 2.92 bits per heavy atom. The standard InChI is InChI=1S/C17H19FN2O4/c1-10-14(15(24-20-10)11-5-4-6-12(18)7-11)16(21)19-8-13-9-22-17(2,3)23-13/h4-7,13H,8-9H2,1-3H3,(H,19,21). The summed E-state index contributed by atoms with van der Waals surface area (Å²) in [6, 6.07) is 5.84. The van der Waals surface area contributed by atoms with Crippen LogP contribution in [0.15, 0.2) is 28.8 Å². The molecule has 6 nitrogen and oxygen atoms in total. The van der Waals surface area contributed by atoms with Gasteiger partial charge in [0.2, 0.25) is 0 Å². The number of aromatic nitrogens is 1. The zero-order chi connectivity index (χ0) is 17.3. The molecule has 0 spiro atoms. The van der Waals surface area contributed by atoms with Crippen molar-refractivity contribution in [2.45, 2.75) is 32.7 Å². The van der Waals surface area contributed by atoms with Gasteiger partial charge in [-0.25, -0.2) is 4.39 Å². The van der Waals surface area contributed by atoms with E-state index in [4.69, 9.17) is 14.0 Å². The number of amides is 1. The van der Waals surface area contributed by atoms with Gasteiger partial charge >= 0.3 is 0 Å². The molecule has 2 heterocycles. The Morgan fingerprint density at radius 2 is 2.25 bits per heavy atom. The van der Waals surface area contributed by atoms with Crippen LogP contribution in [-0.4, -0.2) is 36.1 Å². The van der Waals surface area contributed by atoms with E-state index in [1.807, 2.05) is 13.8 Å². The first-order valence-corrected chi connectivity index (χ1v) is 7.68. The molecule has 24 heavy (non-hydrogen) atoms. The summed E-state index contributed by atoms with van der Waals surface area (Å²) in [6.45, 7) is 6.02. The summed E-state index contributed by atoms with van der Waals surface area (Å²) >= 11 is 0. The molecule has 128 valence electrons. The summed E-state index contributed by atoms with van der Waals surface area (Å²) in [7, 11) is 0. The van der Waals surface area contributed by atoms with E-state index in [1.165, 1.54) is 12.1 Å². The molecule has 0 radical (unpaired) electrons. The van der Waals surface area contributed by atoms with Crippen molar-refractivity contribution in [3.63, 3.8) is 0 Å². The van der Waals surface area contributed by atoms with Crippen LogP contribution < -0.4 is 5.32 Å². The van der Waals surface area contributed by atoms with Crippen LogP contribution in [0.4, 0.5) is 4.39 Å². The minimum absolute atomic E-state index is 0.221. The van der Waals surface area contributed by atoms with Gasteiger partial charge in [0.05, 0.1) is 12.3 Å². The Balaban J connectivity index is 1.75. The number of hydrogen-bond donors (Lipinski definition) is 1. The number of ether oxygens (including phenoxy) is 2. The van der Waals surface area contributed by atoms with Crippen LogP contribution in [0.3, 0.4) is 0 Å². The second kappa shape index (κ2) is 6.33. The van der Waals surface area contributed by atoms with Gasteiger partial charge in [0.25, 0.3) is 5.91 Å². The minimum Gasteiger partial charge on any atom is -0.355 e. The van der Waals surface area contributed by atoms with Gasteiger partial charge in [-0.1, -0.05) is 17.3 Å². The Kier molecular flexibility index (Phi) is 4.38. The van der Waals surface area contributed by atoms with Crippen molar-refractivity contribution in [3.8, 4) is 11.3 Å². The summed E-state index contributed by atoms with van der Waals surface area (Å²) in [6.07, 6.45) is -0.221. The van der Waals surface area contributed by atoms with Gasteiger partial charge in [0.1, 0.15) is 17.5 Å². The van der Waals surface area contributed by atoms with E-state index in [0.717, 1.165) is 0 Å². The van der Waals surface area contributed by atoms with Crippen molar-refractivity contribution in [1.29, 1.82) is 0 Å². The second-order valence-electron chi connectivity index (χ2n) is 6.14. The first kappa shape index (κ1) is 16.6. The van der Waals surface area contributed by atoms with Gasteiger partial charge in [-0.2, -0.15) is 0 Å². The molecule has 7 heteroatoms. The molecule has 1 aliphatic heterocycles. The SMILES string of the molecule is Cc1noc(-c2cccc(F)c2)c1C(=O)NCC1COC(C)(C)O1. The topological polar surface area (TPSA) is 73.6 Å². The van der Waals surface area contributed by atoms with Crippen LogP contribution in [0.5, 0.6) is 0 Å². The first-order chi connectivity index (χ1) is 11.4. The molecule has 0 saturated carbocycles. The van der Waals surface area contributed by atoms with Crippen LogP contribution in [0.2, 0.25) is 0 Å². The molecule has 1 atom stereocenters. The third-order valence-electron chi connectivity index (χ3n) is 3.73. The number of hydrogen-bond acceptors (Lipinski definition) is 5. The predicted octanol–water partition coefficient (Wildman–Crippen LogP) is 2.67. The lowest BCUT2D eigenvalue weighted by Crippen LogP contribution is -2.34. The smallest absolute Gasteiger partial charge is 0.257 e. The average Bonchev–Trinajstić information content (AvgIpc) is 3.07. The van der Waals surface area contributed by atoms with Crippen LogP contribution in [0, 0.1) is 12.7 Å². The summed E-state index contributed by atoms with van der Waals surface area (Å²) in [5.74, 6) is -1.16. The number of aryl methyl sites for hydroxylation is 1. The monoisotopic (exact) mass is 334 g/mol. The number of rotatable bonds is 4. The van der Waals surface area contributed by atoms with Gasteiger partial charge in [-0.3, -0.25) is 4.79 Å². The number of nitrogens with zero attached hydrogens (tertiary/aromatic N) is 1. The summed E-state index contributed by atoms with van der Waals surface area (Å²) in [5, 5.41) is 6.63. The van der Waals surface area contributed by atoms with E-state index in [2.05, 4.69) is 10.5 Å². The van der Waals surface area contributed by atoms with Crippen LogP contribution in [-0.2, 0) is 9.47 Å². The lowest BCUT2D eigenvalue weighted by Gasteiger charge is -2.17. The van der Waals surface area contributed by atoms with E-state index in [9.17, 15) is 9.18 Å².